The number of nitrogens with zero attached hydrogens (tertiary/aromatic N) is 3. The van der Waals surface area contributed by atoms with E-state index in [1.165, 1.54) is 0 Å². The van der Waals surface area contributed by atoms with Gasteiger partial charge in [0.25, 0.3) is 5.91 Å². The van der Waals surface area contributed by atoms with Crippen LogP contribution in [0.5, 0.6) is 0 Å². The van der Waals surface area contributed by atoms with Crippen molar-refractivity contribution in [3.05, 3.63) is 34.7 Å². The van der Waals surface area contributed by atoms with Gasteiger partial charge in [0.05, 0.1) is 18.9 Å². The van der Waals surface area contributed by atoms with Crippen LogP contribution in [-0.4, -0.2) is 45.7 Å². The lowest BCUT2D eigenvalue weighted by molar-refractivity contribution is -0.00513. The number of hydrogen-bond acceptors (Lipinski definition) is 5. The highest BCUT2D eigenvalue weighted by atomic mass is 16.5. The quantitative estimate of drug-likeness (QED) is 0.906. The van der Waals surface area contributed by atoms with Crippen molar-refractivity contribution >= 4 is 5.91 Å². The van der Waals surface area contributed by atoms with Gasteiger partial charge < -0.3 is 19.1 Å². The minimum absolute atomic E-state index is 0.0893. The molecule has 0 radical (unpaired) electrons. The van der Waals surface area contributed by atoms with E-state index in [1.807, 2.05) is 6.92 Å². The summed E-state index contributed by atoms with van der Waals surface area (Å²) < 4.78 is 10.6. The molecule has 21 heavy (non-hydrogen) atoms. The number of rotatable bonds is 2. The molecule has 1 amide bonds. The first-order chi connectivity index (χ1) is 10.1. The zero-order chi connectivity index (χ0) is 15.0. The van der Waals surface area contributed by atoms with E-state index in [0.29, 0.717) is 36.8 Å². The van der Waals surface area contributed by atoms with Crippen LogP contribution in [0.4, 0.5) is 0 Å². The van der Waals surface area contributed by atoms with Crippen LogP contribution in [-0.2, 0) is 4.74 Å². The number of aromatic amines is 1. The molecule has 2 aromatic rings. The number of aromatic nitrogens is 3. The molecule has 7 heteroatoms. The molecule has 0 aromatic carbocycles. The Morgan fingerprint density at radius 1 is 1.43 bits per heavy atom. The first kappa shape index (κ1) is 13.8. The Balaban J connectivity index is 1.93. The highest BCUT2D eigenvalue weighted by molar-refractivity contribution is 5.96. The molecule has 0 spiro atoms. The van der Waals surface area contributed by atoms with Gasteiger partial charge in [0.1, 0.15) is 23.2 Å². The summed E-state index contributed by atoms with van der Waals surface area (Å²) in [4.78, 5) is 22.1. The van der Waals surface area contributed by atoms with E-state index < -0.39 is 0 Å². The van der Waals surface area contributed by atoms with Crippen molar-refractivity contribution < 1.29 is 14.1 Å². The normalized spacial score (nSPS) is 19.0. The van der Waals surface area contributed by atoms with Crippen molar-refractivity contribution in [2.75, 3.05) is 19.8 Å². The third-order valence-corrected chi connectivity index (χ3v) is 3.67. The van der Waals surface area contributed by atoms with Crippen molar-refractivity contribution in [1.29, 1.82) is 0 Å². The van der Waals surface area contributed by atoms with Gasteiger partial charge in [-0.2, -0.15) is 0 Å². The number of H-pyrrole nitrogens is 1. The maximum atomic E-state index is 12.8. The van der Waals surface area contributed by atoms with E-state index in [-0.39, 0.29) is 11.9 Å². The van der Waals surface area contributed by atoms with Crippen LogP contribution in [0.25, 0.3) is 0 Å². The second kappa shape index (κ2) is 5.33. The molecular weight excluding hydrogens is 272 g/mol. The van der Waals surface area contributed by atoms with Gasteiger partial charge in [0.2, 0.25) is 0 Å². The number of carbonyl (C=O) groups is 1. The number of aryl methyl sites for hydroxylation is 3. The van der Waals surface area contributed by atoms with Gasteiger partial charge in [0.15, 0.2) is 0 Å². The number of morpholine rings is 1. The van der Waals surface area contributed by atoms with E-state index in [4.69, 9.17) is 9.26 Å². The topological polar surface area (TPSA) is 84.2 Å². The summed E-state index contributed by atoms with van der Waals surface area (Å²) in [5, 5.41) is 3.86. The molecule has 2 aromatic heterocycles. The Hall–Kier alpha value is -2.15. The van der Waals surface area contributed by atoms with Crippen LogP contribution in [0.15, 0.2) is 10.7 Å². The second-order valence-electron chi connectivity index (χ2n) is 5.24. The Bertz CT molecular complexity index is 641. The summed E-state index contributed by atoms with van der Waals surface area (Å²) in [5.41, 5.74) is 2.10. The molecule has 1 saturated heterocycles. The minimum Gasteiger partial charge on any atom is -0.377 e. The lowest BCUT2D eigenvalue weighted by atomic mass is 10.1. The molecule has 3 heterocycles. The molecule has 1 atom stereocenters. The number of amides is 1. The monoisotopic (exact) mass is 290 g/mol. The molecule has 1 aliphatic rings. The van der Waals surface area contributed by atoms with Crippen LogP contribution >= 0.6 is 0 Å². The fraction of sp³-hybridized carbons (Fsp3) is 0.500. The molecular formula is C14H18N4O3. The highest BCUT2D eigenvalue weighted by Crippen LogP contribution is 2.26. The largest absolute Gasteiger partial charge is 0.377 e. The number of nitrogens with one attached hydrogen (secondary N) is 1. The molecule has 1 N–H and O–H groups in total. The van der Waals surface area contributed by atoms with Gasteiger partial charge in [-0.3, -0.25) is 4.79 Å². The van der Waals surface area contributed by atoms with Crippen LogP contribution in [0, 0.1) is 20.8 Å². The van der Waals surface area contributed by atoms with Crippen LogP contribution in [0.1, 0.15) is 39.4 Å². The summed E-state index contributed by atoms with van der Waals surface area (Å²) >= 11 is 0. The van der Waals surface area contributed by atoms with E-state index in [1.54, 1.807) is 24.9 Å². The Kier molecular flexibility index (Phi) is 3.50. The standard InChI is InChI=1S/C14H18N4O3/c1-8-6-15-13(16-8)11-7-20-5-4-18(11)14(19)12-9(2)17-21-10(12)3/h6,11H,4-5,7H2,1-3H3,(H,15,16)/t11-/m0/s1. The molecule has 0 unspecified atom stereocenters. The van der Waals surface area contributed by atoms with Crippen molar-refractivity contribution in [3.8, 4) is 0 Å². The Morgan fingerprint density at radius 3 is 2.86 bits per heavy atom. The smallest absolute Gasteiger partial charge is 0.260 e. The molecule has 7 nitrogen and oxygen atoms in total. The van der Waals surface area contributed by atoms with Crippen molar-refractivity contribution in [3.63, 3.8) is 0 Å². The first-order valence-corrected chi connectivity index (χ1v) is 6.91. The van der Waals surface area contributed by atoms with Gasteiger partial charge in [-0.1, -0.05) is 5.16 Å². The molecule has 112 valence electrons. The molecule has 3 rings (SSSR count). The maximum Gasteiger partial charge on any atom is 0.260 e. The second-order valence-corrected chi connectivity index (χ2v) is 5.24. The third kappa shape index (κ3) is 2.44. The van der Waals surface area contributed by atoms with Gasteiger partial charge in [-0.05, 0) is 20.8 Å². The van der Waals surface area contributed by atoms with Crippen LogP contribution in [0.2, 0.25) is 0 Å². The predicted octanol–water partition coefficient (Wildman–Crippen LogP) is 1.54. The van der Waals surface area contributed by atoms with Crippen molar-refractivity contribution in [2.24, 2.45) is 0 Å². The maximum absolute atomic E-state index is 12.8. The van der Waals surface area contributed by atoms with Crippen molar-refractivity contribution in [2.45, 2.75) is 26.8 Å². The summed E-state index contributed by atoms with van der Waals surface area (Å²) in [6.07, 6.45) is 1.75. The lowest BCUT2D eigenvalue weighted by Crippen LogP contribution is -2.44. The Morgan fingerprint density at radius 2 is 2.24 bits per heavy atom. The van der Waals surface area contributed by atoms with Gasteiger partial charge >= 0.3 is 0 Å². The number of carbonyl (C=O) groups excluding carboxylic acids is 1. The SMILES string of the molecule is Cc1cnc([C@@H]2COCCN2C(=O)c2c(C)noc2C)[nH]1. The fourth-order valence-corrected chi connectivity index (χ4v) is 2.61. The zero-order valence-corrected chi connectivity index (χ0v) is 12.3. The average molecular weight is 290 g/mol. The highest BCUT2D eigenvalue weighted by Gasteiger charge is 2.33. The zero-order valence-electron chi connectivity index (χ0n) is 12.3. The fourth-order valence-electron chi connectivity index (χ4n) is 2.61. The lowest BCUT2D eigenvalue weighted by Gasteiger charge is -2.34. The van der Waals surface area contributed by atoms with E-state index in [2.05, 4.69) is 15.1 Å². The third-order valence-electron chi connectivity index (χ3n) is 3.67. The average Bonchev–Trinajstić information content (AvgIpc) is 3.05. The number of hydrogen-bond donors (Lipinski definition) is 1. The summed E-state index contributed by atoms with van der Waals surface area (Å²) in [6, 6.07) is -0.214. The van der Waals surface area contributed by atoms with E-state index in [9.17, 15) is 4.79 Å². The molecule has 0 bridgehead atoms. The van der Waals surface area contributed by atoms with Crippen LogP contribution < -0.4 is 0 Å². The van der Waals surface area contributed by atoms with Crippen molar-refractivity contribution in [1.82, 2.24) is 20.0 Å². The first-order valence-electron chi connectivity index (χ1n) is 6.91. The van der Waals surface area contributed by atoms with Gasteiger partial charge in [0, 0.05) is 18.4 Å². The van der Waals surface area contributed by atoms with Gasteiger partial charge in [-0.25, -0.2) is 4.98 Å². The predicted molar refractivity (Wildman–Crippen MR) is 73.9 cm³/mol. The van der Waals surface area contributed by atoms with E-state index in [0.717, 1.165) is 11.5 Å². The number of ether oxygens (including phenoxy) is 1. The molecule has 1 aliphatic heterocycles. The minimum atomic E-state index is -0.214. The summed E-state index contributed by atoms with van der Waals surface area (Å²) in [6.45, 7) is 6.93. The van der Waals surface area contributed by atoms with Gasteiger partial charge in [-0.15, -0.1) is 0 Å². The van der Waals surface area contributed by atoms with Crippen LogP contribution in [0.3, 0.4) is 0 Å². The number of imidazole rings is 1. The molecule has 0 saturated carbocycles. The summed E-state index contributed by atoms with van der Waals surface area (Å²) in [7, 11) is 0. The molecule has 0 aliphatic carbocycles. The molecule has 1 fully saturated rings. The Labute approximate surface area is 122 Å². The summed E-state index contributed by atoms with van der Waals surface area (Å²) in [5.74, 6) is 1.19. The van der Waals surface area contributed by atoms with E-state index >= 15 is 0 Å².